The minimum atomic E-state index is 0.0485. The molecule has 0 saturated carbocycles. The van der Waals surface area contributed by atoms with Crippen molar-refractivity contribution in [1.29, 1.82) is 0 Å². The Bertz CT molecular complexity index is 322. The number of rotatable bonds is 0. The summed E-state index contributed by atoms with van der Waals surface area (Å²) in [5.41, 5.74) is 9.79. The lowest BCUT2D eigenvalue weighted by Crippen LogP contribution is -2.26. The summed E-state index contributed by atoms with van der Waals surface area (Å²) in [5, 5.41) is 0. The molecule has 2 unspecified atom stereocenters. The van der Waals surface area contributed by atoms with Gasteiger partial charge in [-0.05, 0) is 30.5 Å². The fourth-order valence-electron chi connectivity index (χ4n) is 1.99. The van der Waals surface area contributed by atoms with E-state index in [1.54, 1.807) is 0 Å². The molecule has 0 saturated heterocycles. The molecule has 70 valence electrons. The molecule has 0 fully saturated rings. The molecule has 1 aromatic rings. The van der Waals surface area contributed by atoms with Crippen molar-refractivity contribution in [3.63, 3.8) is 0 Å². The Hall–Kier alpha value is -0.860. The van der Waals surface area contributed by atoms with Gasteiger partial charge in [-0.25, -0.2) is 0 Å². The van der Waals surface area contributed by atoms with Crippen LogP contribution in [0.1, 0.15) is 35.8 Å². The molecular weight excluding hydrogens is 162 g/mol. The third kappa shape index (κ3) is 1.36. The molecule has 0 aromatic heterocycles. The average Bonchev–Trinajstić information content (AvgIpc) is 2.12. The third-order valence-corrected chi connectivity index (χ3v) is 2.69. The first kappa shape index (κ1) is 8.73. The first-order chi connectivity index (χ1) is 6.20. The second-order valence-electron chi connectivity index (χ2n) is 3.66. The van der Waals surface area contributed by atoms with Crippen LogP contribution < -0.4 is 5.73 Å². The van der Waals surface area contributed by atoms with Crippen LogP contribution in [0.3, 0.4) is 0 Å². The van der Waals surface area contributed by atoms with E-state index in [9.17, 15) is 0 Å². The lowest BCUT2D eigenvalue weighted by molar-refractivity contribution is 0.0405. The maximum atomic E-state index is 5.98. The Kier molecular flexibility index (Phi) is 2.10. The standard InChI is InChI=1S/C11H15NO/c1-7-4-3-5-9-8(2)13-6-10(12)11(7)9/h3-5,8,10H,6,12H2,1-2H3. The molecule has 1 aliphatic rings. The highest BCUT2D eigenvalue weighted by Gasteiger charge is 2.23. The van der Waals surface area contributed by atoms with Crippen molar-refractivity contribution in [2.45, 2.75) is 26.0 Å². The monoisotopic (exact) mass is 177 g/mol. The number of hydrogen-bond donors (Lipinski definition) is 1. The molecule has 1 aliphatic heterocycles. The van der Waals surface area contributed by atoms with Gasteiger partial charge in [-0.2, -0.15) is 0 Å². The quantitative estimate of drug-likeness (QED) is 0.658. The Morgan fingerprint density at radius 3 is 2.92 bits per heavy atom. The van der Waals surface area contributed by atoms with Crippen molar-refractivity contribution in [2.24, 2.45) is 5.73 Å². The lowest BCUT2D eigenvalue weighted by atomic mass is 9.91. The number of hydrogen-bond acceptors (Lipinski definition) is 2. The fourth-order valence-corrected chi connectivity index (χ4v) is 1.99. The number of benzene rings is 1. The first-order valence-electron chi connectivity index (χ1n) is 4.66. The molecule has 2 nitrogen and oxygen atoms in total. The van der Waals surface area contributed by atoms with E-state index >= 15 is 0 Å². The molecule has 2 atom stereocenters. The highest BCUT2D eigenvalue weighted by Crippen LogP contribution is 2.32. The van der Waals surface area contributed by atoms with Crippen LogP contribution >= 0.6 is 0 Å². The zero-order chi connectivity index (χ0) is 9.42. The predicted molar refractivity (Wildman–Crippen MR) is 52.5 cm³/mol. The summed E-state index contributed by atoms with van der Waals surface area (Å²) in [6.45, 7) is 4.82. The van der Waals surface area contributed by atoms with Gasteiger partial charge in [0.25, 0.3) is 0 Å². The molecule has 2 heteroatoms. The summed E-state index contributed by atoms with van der Waals surface area (Å²) in [6.07, 6.45) is 0.190. The molecular formula is C11H15NO. The van der Waals surface area contributed by atoms with E-state index < -0.39 is 0 Å². The summed E-state index contributed by atoms with van der Waals surface area (Å²) >= 11 is 0. The Morgan fingerprint density at radius 1 is 1.46 bits per heavy atom. The van der Waals surface area contributed by atoms with Crippen molar-refractivity contribution in [2.75, 3.05) is 6.61 Å². The zero-order valence-electron chi connectivity index (χ0n) is 8.08. The van der Waals surface area contributed by atoms with Gasteiger partial charge in [0.2, 0.25) is 0 Å². The maximum absolute atomic E-state index is 5.98. The second kappa shape index (κ2) is 3.13. The summed E-state index contributed by atoms with van der Waals surface area (Å²) in [5.74, 6) is 0. The van der Waals surface area contributed by atoms with Crippen LogP contribution in [0.4, 0.5) is 0 Å². The van der Waals surface area contributed by atoms with E-state index in [0.717, 1.165) is 0 Å². The fraction of sp³-hybridized carbons (Fsp3) is 0.455. The minimum Gasteiger partial charge on any atom is -0.372 e. The second-order valence-corrected chi connectivity index (χ2v) is 3.66. The van der Waals surface area contributed by atoms with Crippen LogP contribution in [0.25, 0.3) is 0 Å². The Labute approximate surface area is 78.7 Å². The van der Waals surface area contributed by atoms with Crippen molar-refractivity contribution in [1.82, 2.24) is 0 Å². The van der Waals surface area contributed by atoms with Gasteiger partial charge in [0.15, 0.2) is 0 Å². The normalized spacial score (nSPS) is 27.0. The highest BCUT2D eigenvalue weighted by atomic mass is 16.5. The Balaban J connectivity index is 2.56. The van der Waals surface area contributed by atoms with E-state index in [0.29, 0.717) is 6.61 Å². The number of nitrogens with two attached hydrogens (primary N) is 1. The van der Waals surface area contributed by atoms with Gasteiger partial charge in [-0.1, -0.05) is 18.2 Å². The van der Waals surface area contributed by atoms with E-state index in [1.165, 1.54) is 16.7 Å². The van der Waals surface area contributed by atoms with Crippen LogP contribution in [0.15, 0.2) is 18.2 Å². The highest BCUT2D eigenvalue weighted by molar-refractivity contribution is 5.39. The average molecular weight is 177 g/mol. The molecule has 13 heavy (non-hydrogen) atoms. The van der Waals surface area contributed by atoms with Gasteiger partial charge in [-0.15, -0.1) is 0 Å². The minimum absolute atomic E-state index is 0.0485. The van der Waals surface area contributed by atoms with Gasteiger partial charge in [0.05, 0.1) is 18.8 Å². The maximum Gasteiger partial charge on any atom is 0.0801 e. The van der Waals surface area contributed by atoms with Gasteiger partial charge in [0, 0.05) is 0 Å². The van der Waals surface area contributed by atoms with E-state index in [-0.39, 0.29) is 12.1 Å². The molecule has 0 spiro atoms. The summed E-state index contributed by atoms with van der Waals surface area (Å²) < 4.78 is 5.55. The Morgan fingerprint density at radius 2 is 2.23 bits per heavy atom. The summed E-state index contributed by atoms with van der Waals surface area (Å²) in [7, 11) is 0. The third-order valence-electron chi connectivity index (χ3n) is 2.69. The lowest BCUT2D eigenvalue weighted by Gasteiger charge is -2.29. The smallest absolute Gasteiger partial charge is 0.0801 e. The molecule has 2 rings (SSSR count). The number of fused-ring (bicyclic) bond motifs is 1. The van der Waals surface area contributed by atoms with E-state index in [1.807, 2.05) is 0 Å². The largest absolute Gasteiger partial charge is 0.372 e. The topological polar surface area (TPSA) is 35.2 Å². The molecule has 2 N–H and O–H groups in total. The van der Waals surface area contributed by atoms with Crippen LogP contribution in [0.2, 0.25) is 0 Å². The van der Waals surface area contributed by atoms with Crippen molar-refractivity contribution < 1.29 is 4.74 Å². The predicted octanol–water partition coefficient (Wildman–Crippen LogP) is 2.09. The van der Waals surface area contributed by atoms with Crippen LogP contribution in [-0.2, 0) is 4.74 Å². The van der Waals surface area contributed by atoms with Crippen molar-refractivity contribution >= 4 is 0 Å². The molecule has 1 heterocycles. The van der Waals surface area contributed by atoms with Gasteiger partial charge < -0.3 is 10.5 Å². The first-order valence-corrected chi connectivity index (χ1v) is 4.66. The molecule has 1 aromatic carbocycles. The summed E-state index contributed by atoms with van der Waals surface area (Å²) in [4.78, 5) is 0. The van der Waals surface area contributed by atoms with Crippen LogP contribution in [-0.4, -0.2) is 6.61 Å². The van der Waals surface area contributed by atoms with Crippen molar-refractivity contribution in [3.8, 4) is 0 Å². The molecule has 0 amide bonds. The van der Waals surface area contributed by atoms with Crippen LogP contribution in [0.5, 0.6) is 0 Å². The van der Waals surface area contributed by atoms with Crippen LogP contribution in [0, 0.1) is 6.92 Å². The van der Waals surface area contributed by atoms with E-state index in [4.69, 9.17) is 10.5 Å². The molecule has 0 aliphatic carbocycles. The number of ether oxygens (including phenoxy) is 1. The van der Waals surface area contributed by atoms with Gasteiger partial charge >= 0.3 is 0 Å². The SMILES string of the molecule is Cc1cccc2c1C(N)COC2C. The van der Waals surface area contributed by atoms with Crippen molar-refractivity contribution in [3.05, 3.63) is 34.9 Å². The molecule has 0 radical (unpaired) electrons. The zero-order valence-corrected chi connectivity index (χ0v) is 8.08. The van der Waals surface area contributed by atoms with Gasteiger partial charge in [-0.3, -0.25) is 0 Å². The summed E-state index contributed by atoms with van der Waals surface area (Å²) in [6, 6.07) is 6.32. The molecule has 0 bridgehead atoms. The van der Waals surface area contributed by atoms with Gasteiger partial charge in [0.1, 0.15) is 0 Å². The number of aryl methyl sites for hydroxylation is 1. The van der Waals surface area contributed by atoms with E-state index in [2.05, 4.69) is 32.0 Å².